The number of fused-ring (bicyclic) bond motifs is 5. The van der Waals surface area contributed by atoms with E-state index in [1.54, 1.807) is 0 Å². The summed E-state index contributed by atoms with van der Waals surface area (Å²) in [6.45, 7) is 0. The standard InChI is InChI=1S/C48H31N5/c1-3-13-32(14-4-1)36-17-11-19-38(29-36)43-31-42(50-48(51-43)39-20-12-18-37(30-39)33-15-5-2-6-16-33)34-24-26-35(27-25-34)45-47-46(40-21-7-8-22-41(40)49-45)52-44-23-9-10-28-53(44)47/h1-31H. The summed E-state index contributed by atoms with van der Waals surface area (Å²) in [6.07, 6.45) is 2.06. The lowest BCUT2D eigenvalue weighted by Gasteiger charge is -2.12. The average Bonchev–Trinajstić information content (AvgIpc) is 3.64. The number of hydrogen-bond donors (Lipinski definition) is 0. The van der Waals surface area contributed by atoms with Gasteiger partial charge >= 0.3 is 0 Å². The lowest BCUT2D eigenvalue weighted by molar-refractivity contribution is 1.18. The second kappa shape index (κ2) is 12.8. The molecule has 0 aliphatic heterocycles. The van der Waals surface area contributed by atoms with Crippen molar-refractivity contribution in [2.24, 2.45) is 0 Å². The van der Waals surface area contributed by atoms with E-state index in [1.165, 1.54) is 0 Å². The Kier molecular flexibility index (Phi) is 7.40. The Morgan fingerprint density at radius 1 is 0.358 bits per heavy atom. The molecule has 4 heterocycles. The first-order valence-electron chi connectivity index (χ1n) is 17.7. The van der Waals surface area contributed by atoms with Crippen LogP contribution in [-0.2, 0) is 0 Å². The predicted octanol–water partition coefficient (Wildman–Crippen LogP) is 11.8. The second-order valence-electron chi connectivity index (χ2n) is 13.1. The fourth-order valence-electron chi connectivity index (χ4n) is 7.18. The van der Waals surface area contributed by atoms with E-state index >= 15 is 0 Å². The highest BCUT2D eigenvalue weighted by atomic mass is 15.0. The van der Waals surface area contributed by atoms with Gasteiger partial charge in [0.1, 0.15) is 11.2 Å². The molecule has 0 unspecified atom stereocenters. The fraction of sp³-hybridized carbons (Fsp3) is 0. The third kappa shape index (κ3) is 5.61. The van der Waals surface area contributed by atoms with Gasteiger partial charge in [-0.2, -0.15) is 0 Å². The number of pyridine rings is 2. The van der Waals surface area contributed by atoms with Gasteiger partial charge in [0.05, 0.1) is 28.1 Å². The first kappa shape index (κ1) is 30.6. The van der Waals surface area contributed by atoms with Gasteiger partial charge in [-0.15, -0.1) is 0 Å². The smallest absolute Gasteiger partial charge is 0.160 e. The number of aromatic nitrogens is 5. The zero-order valence-electron chi connectivity index (χ0n) is 28.6. The van der Waals surface area contributed by atoms with E-state index in [0.29, 0.717) is 5.82 Å². The number of hydrogen-bond acceptors (Lipinski definition) is 4. The van der Waals surface area contributed by atoms with E-state index in [4.69, 9.17) is 19.9 Å². The first-order chi connectivity index (χ1) is 26.2. The van der Waals surface area contributed by atoms with Crippen molar-refractivity contribution in [3.8, 4) is 67.4 Å². The molecule has 0 spiro atoms. The van der Waals surface area contributed by atoms with Gasteiger partial charge in [-0.3, -0.25) is 4.40 Å². The Morgan fingerprint density at radius 3 is 1.66 bits per heavy atom. The van der Waals surface area contributed by atoms with E-state index in [9.17, 15) is 0 Å². The third-order valence-electron chi connectivity index (χ3n) is 9.82. The molecule has 6 aromatic carbocycles. The summed E-state index contributed by atoms with van der Waals surface area (Å²) in [7, 11) is 0. The summed E-state index contributed by atoms with van der Waals surface area (Å²) < 4.78 is 2.13. The predicted molar refractivity (Wildman–Crippen MR) is 216 cm³/mol. The molecule has 0 aliphatic rings. The topological polar surface area (TPSA) is 56.0 Å². The molecule has 0 amide bonds. The van der Waals surface area contributed by atoms with Crippen LogP contribution >= 0.6 is 0 Å². The zero-order valence-corrected chi connectivity index (χ0v) is 28.6. The monoisotopic (exact) mass is 677 g/mol. The van der Waals surface area contributed by atoms with Crippen LogP contribution in [0.2, 0.25) is 0 Å². The van der Waals surface area contributed by atoms with Crippen LogP contribution in [0.4, 0.5) is 0 Å². The van der Waals surface area contributed by atoms with E-state index in [1.807, 2.05) is 42.5 Å². The minimum absolute atomic E-state index is 0.674. The summed E-state index contributed by atoms with van der Waals surface area (Å²) in [5.74, 6) is 0.674. The van der Waals surface area contributed by atoms with Gasteiger partial charge in [-0.05, 0) is 58.7 Å². The highest BCUT2D eigenvalue weighted by Gasteiger charge is 2.17. The van der Waals surface area contributed by atoms with Crippen molar-refractivity contribution in [3.63, 3.8) is 0 Å². The molecule has 0 radical (unpaired) electrons. The molecule has 5 nitrogen and oxygen atoms in total. The minimum Gasteiger partial charge on any atom is -0.298 e. The molecule has 0 saturated heterocycles. The molecule has 0 N–H and O–H groups in total. The molecule has 248 valence electrons. The third-order valence-corrected chi connectivity index (χ3v) is 9.82. The van der Waals surface area contributed by atoms with Crippen LogP contribution in [-0.4, -0.2) is 24.3 Å². The second-order valence-corrected chi connectivity index (χ2v) is 13.1. The molecule has 0 fully saturated rings. The zero-order chi connectivity index (χ0) is 35.1. The Balaban J connectivity index is 1.12. The summed E-state index contributed by atoms with van der Waals surface area (Å²) in [4.78, 5) is 20.6. The van der Waals surface area contributed by atoms with Gasteiger partial charge in [0.25, 0.3) is 0 Å². The quantitative estimate of drug-likeness (QED) is 0.176. The van der Waals surface area contributed by atoms with Crippen LogP contribution in [0.5, 0.6) is 0 Å². The molecule has 5 heteroatoms. The summed E-state index contributed by atoms with van der Waals surface area (Å²) >= 11 is 0. The van der Waals surface area contributed by atoms with Crippen LogP contribution in [0.1, 0.15) is 0 Å². The van der Waals surface area contributed by atoms with Gasteiger partial charge in [0, 0.05) is 33.8 Å². The normalized spacial score (nSPS) is 11.4. The van der Waals surface area contributed by atoms with Gasteiger partial charge in [-0.25, -0.2) is 19.9 Å². The number of nitrogens with zero attached hydrogens (tertiary/aromatic N) is 5. The molecule has 53 heavy (non-hydrogen) atoms. The molecule has 0 atom stereocenters. The average molecular weight is 678 g/mol. The van der Waals surface area contributed by atoms with Crippen LogP contribution in [0, 0.1) is 0 Å². The molecule has 0 bridgehead atoms. The van der Waals surface area contributed by atoms with Gasteiger partial charge in [0.15, 0.2) is 5.82 Å². The highest BCUT2D eigenvalue weighted by Crippen LogP contribution is 2.35. The van der Waals surface area contributed by atoms with Crippen molar-refractivity contribution < 1.29 is 0 Å². The van der Waals surface area contributed by atoms with Crippen LogP contribution in [0.25, 0.3) is 95.0 Å². The van der Waals surface area contributed by atoms with E-state index in [0.717, 1.165) is 89.2 Å². The number of imidazole rings is 1. The molecular formula is C48H31N5. The SMILES string of the molecule is c1ccc(-c2cccc(-c3cc(-c4ccc(-c5nc6ccccc6c6nc7ccccn7c56)cc4)nc(-c4cccc(-c5ccccc5)c4)n3)c2)cc1. The van der Waals surface area contributed by atoms with Gasteiger partial charge < -0.3 is 0 Å². The lowest BCUT2D eigenvalue weighted by atomic mass is 9.99. The van der Waals surface area contributed by atoms with Crippen molar-refractivity contribution >= 4 is 27.6 Å². The molecule has 0 aliphatic carbocycles. The number of benzene rings is 6. The van der Waals surface area contributed by atoms with Crippen molar-refractivity contribution in [1.82, 2.24) is 24.3 Å². The van der Waals surface area contributed by atoms with E-state index < -0.39 is 0 Å². The Hall–Kier alpha value is -7.24. The fourth-order valence-corrected chi connectivity index (χ4v) is 7.18. The molecule has 0 saturated carbocycles. The van der Waals surface area contributed by atoms with Crippen LogP contribution in [0.15, 0.2) is 188 Å². The summed E-state index contributed by atoms with van der Waals surface area (Å²) in [5, 5.41) is 1.04. The maximum absolute atomic E-state index is 5.20. The molecular weight excluding hydrogens is 647 g/mol. The van der Waals surface area contributed by atoms with Crippen molar-refractivity contribution in [1.29, 1.82) is 0 Å². The largest absolute Gasteiger partial charge is 0.298 e. The maximum atomic E-state index is 5.20. The Labute approximate surface area is 306 Å². The highest BCUT2D eigenvalue weighted by molar-refractivity contribution is 6.09. The van der Waals surface area contributed by atoms with Crippen LogP contribution < -0.4 is 0 Å². The Morgan fingerprint density at radius 2 is 0.925 bits per heavy atom. The minimum atomic E-state index is 0.674. The van der Waals surface area contributed by atoms with Crippen LogP contribution in [0.3, 0.4) is 0 Å². The lowest BCUT2D eigenvalue weighted by Crippen LogP contribution is -1.97. The van der Waals surface area contributed by atoms with E-state index in [-0.39, 0.29) is 0 Å². The molecule has 10 rings (SSSR count). The van der Waals surface area contributed by atoms with Crippen molar-refractivity contribution in [2.75, 3.05) is 0 Å². The first-order valence-corrected chi connectivity index (χ1v) is 17.7. The Bertz CT molecular complexity index is 2830. The van der Waals surface area contributed by atoms with Gasteiger partial charge in [-0.1, -0.05) is 146 Å². The summed E-state index contributed by atoms with van der Waals surface area (Å²) in [5.41, 5.74) is 14.9. The molecule has 10 aromatic rings. The number of para-hydroxylation sites is 1. The maximum Gasteiger partial charge on any atom is 0.160 e. The van der Waals surface area contributed by atoms with Crippen molar-refractivity contribution in [2.45, 2.75) is 0 Å². The van der Waals surface area contributed by atoms with Crippen molar-refractivity contribution in [3.05, 3.63) is 188 Å². The number of rotatable bonds is 6. The molecule has 4 aromatic heterocycles. The van der Waals surface area contributed by atoms with E-state index in [2.05, 4.69) is 150 Å². The summed E-state index contributed by atoms with van der Waals surface area (Å²) in [6, 6.07) is 62.9. The van der Waals surface area contributed by atoms with Gasteiger partial charge in [0.2, 0.25) is 0 Å².